The van der Waals surface area contributed by atoms with Gasteiger partial charge >= 0.3 is 5.97 Å². The average Bonchev–Trinajstić information content (AvgIpc) is 2.64. The van der Waals surface area contributed by atoms with Crippen LogP contribution in [-0.4, -0.2) is 35.7 Å². The van der Waals surface area contributed by atoms with Crippen molar-refractivity contribution in [2.24, 2.45) is 0 Å². The molecule has 0 amide bonds. The molecular formula is C12H20N2O3. The molecule has 0 aromatic carbocycles. The number of aromatic nitrogens is 1. The number of hydrogen-bond acceptors (Lipinski definition) is 5. The zero-order chi connectivity index (χ0) is 12.7. The molecular weight excluding hydrogens is 220 g/mol. The lowest BCUT2D eigenvalue weighted by molar-refractivity contribution is -0.144. The Labute approximate surface area is 102 Å². The van der Waals surface area contributed by atoms with Gasteiger partial charge in [-0.3, -0.25) is 9.69 Å². The summed E-state index contributed by atoms with van der Waals surface area (Å²) in [6.45, 7) is 7.89. The second-order valence-corrected chi connectivity index (χ2v) is 3.95. The van der Waals surface area contributed by atoms with Gasteiger partial charge in [0, 0.05) is 6.07 Å². The summed E-state index contributed by atoms with van der Waals surface area (Å²) in [7, 11) is 0. The van der Waals surface area contributed by atoms with E-state index in [-0.39, 0.29) is 5.97 Å². The van der Waals surface area contributed by atoms with Crippen LogP contribution in [0.15, 0.2) is 10.6 Å². The molecule has 0 aliphatic rings. The van der Waals surface area contributed by atoms with E-state index in [1.165, 1.54) is 0 Å². The highest BCUT2D eigenvalue weighted by Crippen LogP contribution is 2.07. The van der Waals surface area contributed by atoms with Gasteiger partial charge in [-0.2, -0.15) is 0 Å². The molecule has 0 unspecified atom stereocenters. The van der Waals surface area contributed by atoms with Crippen LogP contribution in [-0.2, 0) is 16.1 Å². The van der Waals surface area contributed by atoms with Crippen molar-refractivity contribution in [2.75, 3.05) is 19.7 Å². The molecule has 1 aromatic heterocycles. The summed E-state index contributed by atoms with van der Waals surface area (Å²) in [4.78, 5) is 13.4. The van der Waals surface area contributed by atoms with Crippen molar-refractivity contribution in [1.82, 2.24) is 10.1 Å². The number of aryl methyl sites for hydroxylation is 1. The highest BCUT2D eigenvalue weighted by atomic mass is 16.5. The summed E-state index contributed by atoms with van der Waals surface area (Å²) in [6.07, 6.45) is 0.979. The van der Waals surface area contributed by atoms with Crippen LogP contribution >= 0.6 is 0 Å². The lowest BCUT2D eigenvalue weighted by Crippen LogP contribution is -2.31. The van der Waals surface area contributed by atoms with Gasteiger partial charge in [-0.1, -0.05) is 12.1 Å². The van der Waals surface area contributed by atoms with Crippen LogP contribution in [0, 0.1) is 6.92 Å². The van der Waals surface area contributed by atoms with Gasteiger partial charge in [0.1, 0.15) is 0 Å². The monoisotopic (exact) mass is 240 g/mol. The zero-order valence-corrected chi connectivity index (χ0v) is 10.7. The van der Waals surface area contributed by atoms with Gasteiger partial charge in [0.2, 0.25) is 0 Å². The van der Waals surface area contributed by atoms with E-state index < -0.39 is 0 Å². The van der Waals surface area contributed by atoms with Crippen molar-refractivity contribution in [1.29, 1.82) is 0 Å². The van der Waals surface area contributed by atoms with E-state index >= 15 is 0 Å². The minimum atomic E-state index is -0.197. The Balaban J connectivity index is 2.50. The topological polar surface area (TPSA) is 55.6 Å². The highest BCUT2D eigenvalue weighted by Gasteiger charge is 2.13. The minimum absolute atomic E-state index is 0.197. The maximum atomic E-state index is 11.4. The molecule has 0 spiro atoms. The Bertz CT molecular complexity index is 349. The van der Waals surface area contributed by atoms with Crippen molar-refractivity contribution >= 4 is 5.97 Å². The number of carbonyl (C=O) groups excluding carboxylic acids is 1. The number of hydrogen-bond donors (Lipinski definition) is 0. The fourth-order valence-corrected chi connectivity index (χ4v) is 1.63. The second-order valence-electron chi connectivity index (χ2n) is 3.95. The Kier molecular flexibility index (Phi) is 5.69. The van der Waals surface area contributed by atoms with Crippen LogP contribution in [0.2, 0.25) is 0 Å². The van der Waals surface area contributed by atoms with Gasteiger partial charge in [-0.05, 0) is 26.8 Å². The minimum Gasteiger partial charge on any atom is -0.465 e. The molecule has 1 rings (SSSR count). The van der Waals surface area contributed by atoms with Crippen LogP contribution in [0.4, 0.5) is 0 Å². The van der Waals surface area contributed by atoms with Crippen molar-refractivity contribution in [3.05, 3.63) is 17.5 Å². The van der Waals surface area contributed by atoms with E-state index in [9.17, 15) is 4.79 Å². The Morgan fingerprint density at radius 2 is 2.29 bits per heavy atom. The molecule has 0 radical (unpaired) electrons. The SMILES string of the molecule is CCCN(CC(=O)OCC)Cc1cc(C)no1. The molecule has 0 aliphatic heterocycles. The van der Waals surface area contributed by atoms with Gasteiger partial charge in [0.05, 0.1) is 25.4 Å². The van der Waals surface area contributed by atoms with Crippen LogP contribution in [0.25, 0.3) is 0 Å². The molecule has 1 aromatic rings. The summed E-state index contributed by atoms with van der Waals surface area (Å²) in [5.41, 5.74) is 0.854. The molecule has 5 heteroatoms. The molecule has 0 atom stereocenters. The van der Waals surface area contributed by atoms with E-state index in [1.807, 2.05) is 24.8 Å². The molecule has 0 bridgehead atoms. The van der Waals surface area contributed by atoms with Crippen LogP contribution < -0.4 is 0 Å². The molecule has 0 fully saturated rings. The Morgan fingerprint density at radius 1 is 1.53 bits per heavy atom. The average molecular weight is 240 g/mol. The fraction of sp³-hybridized carbons (Fsp3) is 0.667. The summed E-state index contributed by atoms with van der Waals surface area (Å²) in [5.74, 6) is 0.581. The number of carbonyl (C=O) groups is 1. The number of ether oxygens (including phenoxy) is 1. The third kappa shape index (κ3) is 4.99. The zero-order valence-electron chi connectivity index (χ0n) is 10.7. The molecule has 0 aliphatic carbocycles. The maximum Gasteiger partial charge on any atom is 0.320 e. The quantitative estimate of drug-likeness (QED) is 0.680. The van der Waals surface area contributed by atoms with Crippen molar-refractivity contribution in [3.8, 4) is 0 Å². The molecule has 5 nitrogen and oxygen atoms in total. The number of nitrogens with zero attached hydrogens (tertiary/aromatic N) is 2. The van der Waals surface area contributed by atoms with E-state index in [2.05, 4.69) is 12.1 Å². The molecule has 17 heavy (non-hydrogen) atoms. The van der Waals surface area contributed by atoms with Gasteiger partial charge in [0.25, 0.3) is 0 Å². The Morgan fingerprint density at radius 3 is 2.82 bits per heavy atom. The predicted molar refractivity (Wildman–Crippen MR) is 63.4 cm³/mol. The fourth-order valence-electron chi connectivity index (χ4n) is 1.63. The maximum absolute atomic E-state index is 11.4. The summed E-state index contributed by atoms with van der Waals surface area (Å²) in [6, 6.07) is 1.88. The molecule has 0 saturated carbocycles. The van der Waals surface area contributed by atoms with E-state index in [0.29, 0.717) is 19.7 Å². The number of rotatable bonds is 7. The van der Waals surface area contributed by atoms with E-state index in [0.717, 1.165) is 24.4 Å². The Hall–Kier alpha value is -1.36. The molecule has 1 heterocycles. The van der Waals surface area contributed by atoms with Gasteiger partial charge in [-0.25, -0.2) is 0 Å². The van der Waals surface area contributed by atoms with Crippen molar-refractivity contribution in [3.63, 3.8) is 0 Å². The first-order valence-electron chi connectivity index (χ1n) is 5.95. The summed E-state index contributed by atoms with van der Waals surface area (Å²) < 4.78 is 10.1. The van der Waals surface area contributed by atoms with Crippen molar-refractivity contribution in [2.45, 2.75) is 33.7 Å². The normalized spacial score (nSPS) is 10.8. The standard InChI is InChI=1S/C12H20N2O3/c1-4-6-14(9-12(15)16-5-2)8-11-7-10(3)13-17-11/h7H,4-6,8-9H2,1-3H3. The summed E-state index contributed by atoms with van der Waals surface area (Å²) >= 11 is 0. The largest absolute Gasteiger partial charge is 0.465 e. The van der Waals surface area contributed by atoms with Gasteiger partial charge in [0.15, 0.2) is 5.76 Å². The van der Waals surface area contributed by atoms with E-state index in [1.54, 1.807) is 0 Å². The number of esters is 1. The first-order valence-corrected chi connectivity index (χ1v) is 5.95. The van der Waals surface area contributed by atoms with Gasteiger partial charge in [-0.15, -0.1) is 0 Å². The lowest BCUT2D eigenvalue weighted by atomic mass is 10.3. The molecule has 0 saturated heterocycles. The predicted octanol–water partition coefficient (Wildman–Crippen LogP) is 1.76. The third-order valence-corrected chi connectivity index (χ3v) is 2.25. The van der Waals surface area contributed by atoms with E-state index in [4.69, 9.17) is 9.26 Å². The van der Waals surface area contributed by atoms with Crippen molar-refractivity contribution < 1.29 is 14.1 Å². The highest BCUT2D eigenvalue weighted by molar-refractivity contribution is 5.71. The first kappa shape index (κ1) is 13.7. The lowest BCUT2D eigenvalue weighted by Gasteiger charge is -2.18. The third-order valence-electron chi connectivity index (χ3n) is 2.25. The van der Waals surface area contributed by atoms with Crippen LogP contribution in [0.5, 0.6) is 0 Å². The smallest absolute Gasteiger partial charge is 0.320 e. The second kappa shape index (κ2) is 7.06. The summed E-state index contributed by atoms with van der Waals surface area (Å²) in [5, 5.41) is 3.83. The van der Waals surface area contributed by atoms with Gasteiger partial charge < -0.3 is 9.26 Å². The van der Waals surface area contributed by atoms with Crippen LogP contribution in [0.3, 0.4) is 0 Å². The van der Waals surface area contributed by atoms with Crippen LogP contribution in [0.1, 0.15) is 31.7 Å². The first-order chi connectivity index (χ1) is 8.15. The molecule has 0 N–H and O–H groups in total. The molecule has 96 valence electrons.